The van der Waals surface area contributed by atoms with Crippen molar-refractivity contribution in [2.45, 2.75) is 68.7 Å². The molecule has 2 heterocycles. The van der Waals surface area contributed by atoms with Gasteiger partial charge >= 0.3 is 0 Å². The Labute approximate surface area is 225 Å². The molecular formula is C32H38N2O4. The van der Waals surface area contributed by atoms with E-state index in [-0.39, 0.29) is 29.6 Å². The molecule has 1 spiro atoms. The number of ether oxygens (including phenoxy) is 2. The first-order valence-electron chi connectivity index (χ1n) is 14.2. The lowest BCUT2D eigenvalue weighted by Crippen LogP contribution is -2.69. The molecule has 38 heavy (non-hydrogen) atoms. The van der Waals surface area contributed by atoms with Crippen molar-refractivity contribution in [1.29, 1.82) is 0 Å². The van der Waals surface area contributed by atoms with Crippen LogP contribution in [0.15, 0.2) is 42.5 Å². The number of rotatable bonds is 6. The summed E-state index contributed by atoms with van der Waals surface area (Å²) in [6.07, 6.45) is 8.42. The number of carbonyl (C=O) groups excluding carboxylic acids is 1. The fraction of sp³-hybridized carbons (Fsp3) is 0.531. The van der Waals surface area contributed by atoms with Crippen molar-refractivity contribution in [3.63, 3.8) is 0 Å². The van der Waals surface area contributed by atoms with Crippen LogP contribution in [0.2, 0.25) is 0 Å². The zero-order chi connectivity index (χ0) is 26.2. The van der Waals surface area contributed by atoms with E-state index in [0.717, 1.165) is 62.3 Å². The minimum Gasteiger partial charge on any atom is -0.493 e. The normalized spacial score (nSPS) is 34.5. The largest absolute Gasteiger partial charge is 0.493 e. The zero-order valence-corrected chi connectivity index (χ0v) is 22.6. The predicted molar refractivity (Wildman–Crippen MR) is 146 cm³/mol. The molecular weight excluding hydrogens is 476 g/mol. The number of amides is 1. The summed E-state index contributed by atoms with van der Waals surface area (Å²) in [6.45, 7) is 4.07. The molecule has 6 heteroatoms. The Kier molecular flexibility index (Phi) is 5.64. The Bertz CT molecular complexity index is 1310. The zero-order valence-electron chi connectivity index (χ0n) is 22.6. The number of piperidine rings is 1. The van der Waals surface area contributed by atoms with Crippen LogP contribution in [0, 0.1) is 18.8 Å². The predicted octanol–water partition coefficient (Wildman–Crippen LogP) is 3.96. The molecule has 2 bridgehead atoms. The van der Waals surface area contributed by atoms with Gasteiger partial charge in [0.15, 0.2) is 11.5 Å². The van der Waals surface area contributed by atoms with Crippen LogP contribution >= 0.6 is 0 Å². The van der Waals surface area contributed by atoms with Crippen molar-refractivity contribution in [1.82, 2.24) is 9.80 Å². The van der Waals surface area contributed by atoms with Crippen LogP contribution in [0.3, 0.4) is 0 Å². The fourth-order valence-corrected chi connectivity index (χ4v) is 8.32. The molecule has 2 saturated carbocycles. The minimum atomic E-state index is -0.122. The highest BCUT2D eigenvalue weighted by Crippen LogP contribution is 2.64. The van der Waals surface area contributed by atoms with Crippen LogP contribution < -0.4 is 9.47 Å². The number of hydrogen-bond acceptors (Lipinski definition) is 5. The Balaban J connectivity index is 1.22. The number of likely N-dealkylation sites (tertiary alicyclic amines) is 1. The highest BCUT2D eigenvalue weighted by atomic mass is 16.5. The molecule has 2 aliphatic heterocycles. The number of aliphatic hydroxyl groups excluding tert-OH is 1. The number of likely N-dealkylation sites (N-methyl/N-ethyl adjacent to an activating group) is 1. The van der Waals surface area contributed by atoms with Crippen molar-refractivity contribution >= 4 is 12.0 Å². The van der Waals surface area contributed by atoms with Crippen molar-refractivity contribution < 1.29 is 19.4 Å². The number of aryl methyl sites for hydroxylation is 1. The summed E-state index contributed by atoms with van der Waals surface area (Å²) < 4.78 is 12.7. The average Bonchev–Trinajstić information content (AvgIpc) is 3.50. The number of hydrogen-bond donors (Lipinski definition) is 1. The topological polar surface area (TPSA) is 62.2 Å². The highest BCUT2D eigenvalue weighted by Gasteiger charge is 2.66. The van der Waals surface area contributed by atoms with Crippen molar-refractivity contribution in [3.8, 4) is 11.5 Å². The van der Waals surface area contributed by atoms with Gasteiger partial charge in [0, 0.05) is 42.6 Å². The molecule has 3 fully saturated rings. The van der Waals surface area contributed by atoms with Crippen LogP contribution in [-0.4, -0.2) is 72.4 Å². The van der Waals surface area contributed by atoms with E-state index in [4.69, 9.17) is 9.47 Å². The first-order chi connectivity index (χ1) is 18.4. The number of nitrogens with zero attached hydrogens (tertiary/aromatic N) is 2. The molecule has 7 rings (SSSR count). The van der Waals surface area contributed by atoms with E-state index in [1.807, 2.05) is 30.2 Å². The number of aliphatic hydroxyl groups is 1. The Morgan fingerprint density at radius 2 is 2.13 bits per heavy atom. The smallest absolute Gasteiger partial charge is 0.246 e. The lowest BCUT2D eigenvalue weighted by Gasteiger charge is -2.60. The maximum atomic E-state index is 13.5. The second-order valence-electron chi connectivity index (χ2n) is 12.2. The van der Waals surface area contributed by atoms with Crippen LogP contribution in [0.5, 0.6) is 11.5 Å². The first-order valence-corrected chi connectivity index (χ1v) is 14.2. The molecule has 1 saturated heterocycles. The van der Waals surface area contributed by atoms with Gasteiger partial charge in [-0.05, 0) is 74.8 Å². The summed E-state index contributed by atoms with van der Waals surface area (Å²) in [7, 11) is 3.66. The molecule has 0 radical (unpaired) electrons. The second kappa shape index (κ2) is 8.85. The molecule has 7 atom stereocenters. The summed E-state index contributed by atoms with van der Waals surface area (Å²) in [6, 6.07) is 13.0. The van der Waals surface area contributed by atoms with E-state index < -0.39 is 0 Å². The van der Waals surface area contributed by atoms with E-state index >= 15 is 0 Å². The van der Waals surface area contributed by atoms with Gasteiger partial charge in [-0.3, -0.25) is 9.69 Å². The maximum Gasteiger partial charge on any atom is 0.246 e. The van der Waals surface area contributed by atoms with Gasteiger partial charge in [0.05, 0.1) is 19.3 Å². The van der Waals surface area contributed by atoms with E-state index in [1.54, 1.807) is 13.2 Å². The van der Waals surface area contributed by atoms with Gasteiger partial charge < -0.3 is 19.5 Å². The summed E-state index contributed by atoms with van der Waals surface area (Å²) >= 11 is 0. The molecule has 3 aliphatic carbocycles. The van der Waals surface area contributed by atoms with Gasteiger partial charge in [0.1, 0.15) is 6.10 Å². The summed E-state index contributed by atoms with van der Waals surface area (Å²) in [5.41, 5.74) is 4.85. The van der Waals surface area contributed by atoms with Crippen LogP contribution in [-0.2, 0) is 16.6 Å². The van der Waals surface area contributed by atoms with Gasteiger partial charge in [0.2, 0.25) is 5.91 Å². The SMILES string of the molecule is COc1ccc2c3c1O[C@H]1[C@H](N(C)C(=O)C=Cc4cccc(C)c4)CC[C@H]4[C@@H](C2)N(CC2CC2O)CC[C@@]341. The lowest BCUT2D eigenvalue weighted by molar-refractivity contribution is -0.135. The molecule has 2 aromatic carbocycles. The molecule has 2 unspecified atom stereocenters. The van der Waals surface area contributed by atoms with Crippen molar-refractivity contribution in [3.05, 3.63) is 64.7 Å². The summed E-state index contributed by atoms with van der Waals surface area (Å²) in [5, 5.41) is 10.1. The second-order valence-corrected chi connectivity index (χ2v) is 12.2. The van der Waals surface area contributed by atoms with E-state index in [9.17, 15) is 9.90 Å². The quantitative estimate of drug-likeness (QED) is 0.592. The minimum absolute atomic E-state index is 0.00131. The molecule has 6 nitrogen and oxygen atoms in total. The van der Waals surface area contributed by atoms with Gasteiger partial charge in [-0.15, -0.1) is 0 Å². The first kappa shape index (κ1) is 24.2. The van der Waals surface area contributed by atoms with Crippen molar-refractivity contribution in [2.75, 3.05) is 27.2 Å². The van der Waals surface area contributed by atoms with Gasteiger partial charge in [0.25, 0.3) is 0 Å². The van der Waals surface area contributed by atoms with Crippen LogP contribution in [0.4, 0.5) is 0 Å². The maximum absolute atomic E-state index is 13.5. The third kappa shape index (κ3) is 3.56. The standard InChI is InChI=1S/C32H38N2O4/c1-19-5-4-6-20(15-19)7-12-28(36)33(2)24-10-9-23-25-16-21-8-11-27(37-3)30-29(21)32(23,31(24)38-30)13-14-34(25)18-22-17-26(22)35/h4-8,11-12,15,22-26,31,35H,9-10,13-14,16-18H2,1-3H3/t22?,23-,24+,25+,26?,31-,32-/m0/s1. The molecule has 5 aliphatic rings. The van der Waals surface area contributed by atoms with Gasteiger partial charge in [-0.25, -0.2) is 0 Å². The van der Waals surface area contributed by atoms with E-state index in [2.05, 4.69) is 36.1 Å². The van der Waals surface area contributed by atoms with Crippen LogP contribution in [0.25, 0.3) is 6.08 Å². The Morgan fingerprint density at radius 1 is 1.29 bits per heavy atom. The molecule has 1 amide bonds. The monoisotopic (exact) mass is 514 g/mol. The van der Waals surface area contributed by atoms with Crippen molar-refractivity contribution in [2.24, 2.45) is 11.8 Å². The number of carbonyl (C=O) groups is 1. The van der Waals surface area contributed by atoms with E-state index in [0.29, 0.717) is 17.9 Å². The van der Waals surface area contributed by atoms with Gasteiger partial charge in [-0.2, -0.15) is 0 Å². The molecule has 200 valence electrons. The third-order valence-corrected chi connectivity index (χ3v) is 10.3. The Morgan fingerprint density at radius 3 is 2.89 bits per heavy atom. The lowest BCUT2D eigenvalue weighted by atomic mass is 9.51. The fourth-order valence-electron chi connectivity index (χ4n) is 8.32. The van der Waals surface area contributed by atoms with Crippen LogP contribution in [0.1, 0.15) is 47.9 Å². The highest BCUT2D eigenvalue weighted by molar-refractivity contribution is 5.92. The average molecular weight is 515 g/mol. The molecule has 1 N–H and O–H groups in total. The summed E-state index contributed by atoms with van der Waals surface area (Å²) in [5.74, 6) is 2.65. The molecule has 2 aromatic rings. The van der Waals surface area contributed by atoms with E-state index in [1.165, 1.54) is 16.7 Å². The number of methoxy groups -OCH3 is 1. The number of benzene rings is 2. The van der Waals surface area contributed by atoms with Gasteiger partial charge in [-0.1, -0.05) is 35.9 Å². The summed E-state index contributed by atoms with van der Waals surface area (Å²) in [4.78, 5) is 18.0. The molecule has 0 aromatic heterocycles. The Hall–Kier alpha value is -2.83. The third-order valence-electron chi connectivity index (χ3n) is 10.3.